The standard InChI is InChI=1S/C18H24N4O4S/c1-4-22(5-2)11-13-8-12(6-7-14(13)26-3)10-19-21-18-20-17(25)15(27-18)9-16(23)24/h6-8,10,15H,4-5,9,11H2,1-3H3,(H,23,24)(H,20,21,25). The maximum atomic E-state index is 11.7. The molecular formula is C18H24N4O4S. The number of amides is 1. The van der Waals surface area contributed by atoms with E-state index in [0.29, 0.717) is 5.17 Å². The lowest BCUT2D eigenvalue weighted by atomic mass is 10.1. The second-order valence-electron chi connectivity index (χ2n) is 5.88. The molecule has 0 spiro atoms. The van der Waals surface area contributed by atoms with E-state index in [-0.39, 0.29) is 12.3 Å². The number of thioether (sulfide) groups is 1. The number of benzene rings is 1. The van der Waals surface area contributed by atoms with E-state index >= 15 is 0 Å². The van der Waals surface area contributed by atoms with Crippen LogP contribution in [0.2, 0.25) is 0 Å². The molecule has 1 heterocycles. The number of carboxylic acid groups (broad SMARTS) is 1. The highest BCUT2D eigenvalue weighted by Gasteiger charge is 2.32. The maximum absolute atomic E-state index is 11.7. The molecule has 0 radical (unpaired) electrons. The van der Waals surface area contributed by atoms with Gasteiger partial charge < -0.3 is 15.2 Å². The predicted octanol–water partition coefficient (Wildman–Crippen LogP) is 1.93. The predicted molar refractivity (Wildman–Crippen MR) is 106 cm³/mol. The minimum absolute atomic E-state index is 0.244. The molecule has 1 amide bonds. The topological polar surface area (TPSA) is 104 Å². The van der Waals surface area contributed by atoms with Crippen molar-refractivity contribution in [1.29, 1.82) is 0 Å². The highest BCUT2D eigenvalue weighted by molar-refractivity contribution is 8.15. The molecule has 1 aromatic carbocycles. The Morgan fingerprint density at radius 1 is 1.41 bits per heavy atom. The van der Waals surface area contributed by atoms with E-state index < -0.39 is 11.2 Å². The summed E-state index contributed by atoms with van der Waals surface area (Å²) in [4.78, 5) is 24.7. The average molecular weight is 392 g/mol. The van der Waals surface area contributed by atoms with Crippen molar-refractivity contribution in [3.05, 3.63) is 29.3 Å². The monoisotopic (exact) mass is 392 g/mol. The summed E-state index contributed by atoms with van der Waals surface area (Å²) in [6.07, 6.45) is 1.35. The molecule has 1 aliphatic heterocycles. The van der Waals surface area contributed by atoms with Gasteiger partial charge in [-0.05, 0) is 36.9 Å². The lowest BCUT2D eigenvalue weighted by Gasteiger charge is -2.19. The van der Waals surface area contributed by atoms with Crippen molar-refractivity contribution in [3.8, 4) is 5.75 Å². The normalized spacial score (nSPS) is 18.4. The van der Waals surface area contributed by atoms with E-state index in [1.165, 1.54) is 0 Å². The molecule has 1 aliphatic rings. The van der Waals surface area contributed by atoms with Gasteiger partial charge in [0.25, 0.3) is 0 Å². The first kappa shape index (κ1) is 20.9. The number of hydrogen-bond acceptors (Lipinski definition) is 7. The average Bonchev–Trinajstić information content (AvgIpc) is 2.98. The van der Waals surface area contributed by atoms with E-state index in [9.17, 15) is 9.59 Å². The molecule has 1 aromatic rings. The minimum atomic E-state index is -1.02. The van der Waals surface area contributed by atoms with Gasteiger partial charge in [0.1, 0.15) is 11.0 Å². The highest BCUT2D eigenvalue weighted by Crippen LogP contribution is 2.23. The van der Waals surface area contributed by atoms with Crippen LogP contribution in [0.5, 0.6) is 5.75 Å². The fourth-order valence-electron chi connectivity index (χ4n) is 2.58. The summed E-state index contributed by atoms with van der Waals surface area (Å²) in [6, 6.07) is 5.76. The fraction of sp³-hybridized carbons (Fsp3) is 0.444. The summed E-state index contributed by atoms with van der Waals surface area (Å²) >= 11 is 1.07. The van der Waals surface area contributed by atoms with Gasteiger partial charge >= 0.3 is 5.97 Å². The summed E-state index contributed by atoms with van der Waals surface area (Å²) in [5, 5.41) is 19.0. The Hall–Kier alpha value is -2.39. The van der Waals surface area contributed by atoms with Crippen molar-refractivity contribution in [1.82, 2.24) is 10.2 Å². The smallest absolute Gasteiger partial charge is 0.305 e. The lowest BCUT2D eigenvalue weighted by Crippen LogP contribution is -2.26. The number of nitrogens with one attached hydrogen (secondary N) is 1. The van der Waals surface area contributed by atoms with Gasteiger partial charge in [0.05, 0.1) is 19.7 Å². The molecule has 9 heteroatoms. The zero-order chi connectivity index (χ0) is 19.8. The summed E-state index contributed by atoms with van der Waals surface area (Å²) in [6.45, 7) is 6.89. The lowest BCUT2D eigenvalue weighted by molar-refractivity contribution is -0.138. The zero-order valence-electron chi connectivity index (χ0n) is 15.6. The van der Waals surface area contributed by atoms with Crippen molar-refractivity contribution in [2.75, 3.05) is 20.2 Å². The van der Waals surface area contributed by atoms with Crippen LogP contribution in [0, 0.1) is 0 Å². The van der Waals surface area contributed by atoms with Crippen LogP contribution in [0.3, 0.4) is 0 Å². The van der Waals surface area contributed by atoms with Crippen molar-refractivity contribution >= 4 is 35.0 Å². The molecule has 0 aliphatic carbocycles. The first-order valence-corrected chi connectivity index (χ1v) is 9.54. The van der Waals surface area contributed by atoms with Crippen LogP contribution in [-0.2, 0) is 16.1 Å². The largest absolute Gasteiger partial charge is 0.496 e. The first-order valence-electron chi connectivity index (χ1n) is 8.66. The van der Waals surface area contributed by atoms with Gasteiger partial charge in [0.2, 0.25) is 5.91 Å². The molecule has 1 unspecified atom stereocenters. The van der Waals surface area contributed by atoms with E-state index in [0.717, 1.165) is 48.3 Å². The number of nitrogens with zero attached hydrogens (tertiary/aromatic N) is 3. The number of ether oxygens (including phenoxy) is 1. The van der Waals surface area contributed by atoms with Crippen LogP contribution in [0.1, 0.15) is 31.4 Å². The molecule has 1 saturated heterocycles. The molecule has 0 saturated carbocycles. The molecule has 2 N–H and O–H groups in total. The molecule has 8 nitrogen and oxygen atoms in total. The van der Waals surface area contributed by atoms with Gasteiger partial charge in [-0.1, -0.05) is 25.6 Å². The Labute approximate surface area is 162 Å². The van der Waals surface area contributed by atoms with Crippen LogP contribution in [0.25, 0.3) is 0 Å². The van der Waals surface area contributed by atoms with Gasteiger partial charge in [-0.25, -0.2) is 0 Å². The number of amidine groups is 1. The maximum Gasteiger partial charge on any atom is 0.305 e. The number of rotatable bonds is 9. The van der Waals surface area contributed by atoms with E-state index in [1.54, 1.807) is 13.3 Å². The highest BCUT2D eigenvalue weighted by atomic mass is 32.2. The molecule has 0 bridgehead atoms. The summed E-state index contributed by atoms with van der Waals surface area (Å²) in [5.74, 6) is -0.561. The van der Waals surface area contributed by atoms with Gasteiger partial charge in [-0.15, -0.1) is 5.10 Å². The molecule has 1 atom stereocenters. The molecule has 146 valence electrons. The molecular weight excluding hydrogens is 368 g/mol. The third-order valence-electron chi connectivity index (χ3n) is 4.08. The number of carboxylic acids is 1. The first-order chi connectivity index (χ1) is 13.0. The summed E-state index contributed by atoms with van der Waals surface area (Å²) in [5.41, 5.74) is 1.92. The minimum Gasteiger partial charge on any atom is -0.496 e. The van der Waals surface area contributed by atoms with Crippen molar-refractivity contribution < 1.29 is 19.4 Å². The van der Waals surface area contributed by atoms with E-state index in [1.807, 2.05) is 18.2 Å². The quantitative estimate of drug-likeness (QED) is 0.492. The Balaban J connectivity index is 2.08. The van der Waals surface area contributed by atoms with E-state index in [4.69, 9.17) is 9.84 Å². The molecule has 2 rings (SSSR count). The second kappa shape index (κ2) is 10.1. The zero-order valence-corrected chi connectivity index (χ0v) is 16.5. The molecule has 0 aromatic heterocycles. The van der Waals surface area contributed by atoms with Crippen molar-refractivity contribution in [2.24, 2.45) is 10.2 Å². The number of carbonyl (C=O) groups excluding carboxylic acids is 1. The van der Waals surface area contributed by atoms with Crippen LogP contribution >= 0.6 is 11.8 Å². The Morgan fingerprint density at radius 3 is 2.78 bits per heavy atom. The van der Waals surface area contributed by atoms with Gasteiger partial charge in [-0.2, -0.15) is 5.10 Å². The van der Waals surface area contributed by atoms with Crippen LogP contribution < -0.4 is 10.1 Å². The third kappa shape index (κ3) is 6.07. The van der Waals surface area contributed by atoms with Crippen molar-refractivity contribution in [3.63, 3.8) is 0 Å². The Kier molecular flexibility index (Phi) is 7.81. The van der Waals surface area contributed by atoms with E-state index in [2.05, 4.69) is 34.3 Å². The number of carbonyl (C=O) groups is 2. The summed E-state index contributed by atoms with van der Waals surface area (Å²) in [7, 11) is 1.65. The molecule has 27 heavy (non-hydrogen) atoms. The third-order valence-corrected chi connectivity index (χ3v) is 5.16. The number of methoxy groups -OCH3 is 1. The van der Waals surface area contributed by atoms with Crippen LogP contribution in [0.15, 0.2) is 28.4 Å². The van der Waals surface area contributed by atoms with Crippen LogP contribution in [0.4, 0.5) is 0 Å². The SMILES string of the molecule is CCN(CC)Cc1cc(C=NN=C2NC(=O)C(CC(=O)O)S2)ccc1OC. The van der Waals surface area contributed by atoms with Gasteiger partial charge in [0.15, 0.2) is 5.17 Å². The van der Waals surface area contributed by atoms with Gasteiger partial charge in [0, 0.05) is 12.1 Å². The number of hydrogen-bond donors (Lipinski definition) is 2. The Morgan fingerprint density at radius 2 is 2.15 bits per heavy atom. The molecule has 1 fully saturated rings. The number of aliphatic carboxylic acids is 1. The Bertz CT molecular complexity index is 747. The van der Waals surface area contributed by atoms with Gasteiger partial charge in [-0.3, -0.25) is 14.5 Å². The van der Waals surface area contributed by atoms with Crippen LogP contribution in [-0.4, -0.2) is 58.7 Å². The fourth-order valence-corrected chi connectivity index (χ4v) is 3.50. The van der Waals surface area contributed by atoms with Crippen molar-refractivity contribution in [2.45, 2.75) is 32.1 Å². The second-order valence-corrected chi connectivity index (χ2v) is 7.07. The summed E-state index contributed by atoms with van der Waals surface area (Å²) < 4.78 is 5.43.